The third-order valence-corrected chi connectivity index (χ3v) is 3.22. The lowest BCUT2D eigenvalue weighted by atomic mass is 10.1. The molecule has 0 saturated heterocycles. The van der Waals surface area contributed by atoms with Crippen molar-refractivity contribution in [2.75, 3.05) is 5.33 Å². The molecule has 0 radical (unpaired) electrons. The van der Waals surface area contributed by atoms with Crippen molar-refractivity contribution in [1.29, 1.82) is 0 Å². The Balaban J connectivity index is 2.81. The minimum absolute atomic E-state index is 0.116. The predicted octanol–water partition coefficient (Wildman–Crippen LogP) is 3.57. The summed E-state index contributed by atoms with van der Waals surface area (Å²) >= 11 is 3.29. The van der Waals surface area contributed by atoms with Crippen LogP contribution in [0.15, 0.2) is 12.1 Å². The Morgan fingerprint density at radius 2 is 2.11 bits per heavy atom. The van der Waals surface area contributed by atoms with Crippen LogP contribution in [0.2, 0.25) is 0 Å². The highest BCUT2D eigenvalue weighted by atomic mass is 79.9. The molecule has 0 aliphatic heterocycles. The summed E-state index contributed by atoms with van der Waals surface area (Å²) in [7, 11) is 0. The van der Waals surface area contributed by atoms with Crippen LogP contribution in [0.3, 0.4) is 0 Å². The van der Waals surface area contributed by atoms with Crippen LogP contribution in [0.5, 0.6) is 0 Å². The van der Waals surface area contributed by atoms with Crippen molar-refractivity contribution < 1.29 is 13.6 Å². The molecule has 1 rings (SSSR count). The maximum atomic E-state index is 13.7. The summed E-state index contributed by atoms with van der Waals surface area (Å²) in [5, 5.41) is 3.43. The summed E-state index contributed by atoms with van der Waals surface area (Å²) in [6.07, 6.45) is 1.65. The Morgan fingerprint density at radius 3 is 2.72 bits per heavy atom. The number of alkyl halides is 1. The van der Waals surface area contributed by atoms with Gasteiger partial charge in [-0.15, -0.1) is 0 Å². The molecule has 1 unspecified atom stereocenters. The van der Waals surface area contributed by atoms with Crippen molar-refractivity contribution in [3.05, 3.63) is 34.9 Å². The Kier molecular flexibility index (Phi) is 5.72. The fourth-order valence-corrected chi connectivity index (χ4v) is 1.94. The van der Waals surface area contributed by atoms with Crippen molar-refractivity contribution in [3.63, 3.8) is 0 Å². The van der Waals surface area contributed by atoms with Crippen LogP contribution in [0.4, 0.5) is 8.78 Å². The largest absolute Gasteiger partial charge is 0.349 e. The summed E-state index contributed by atoms with van der Waals surface area (Å²) in [5.74, 6) is -2.32. The van der Waals surface area contributed by atoms with E-state index in [0.717, 1.165) is 24.2 Å². The van der Waals surface area contributed by atoms with E-state index >= 15 is 0 Å². The number of rotatable bonds is 5. The SMILES string of the molecule is Cc1ccc(F)c(C(=O)NC(C)CCCBr)c1F. The van der Waals surface area contributed by atoms with Crippen LogP contribution in [0.25, 0.3) is 0 Å². The van der Waals surface area contributed by atoms with E-state index < -0.39 is 23.1 Å². The second-order valence-electron chi connectivity index (χ2n) is 4.26. The number of benzene rings is 1. The third-order valence-electron chi connectivity index (χ3n) is 2.66. The van der Waals surface area contributed by atoms with Gasteiger partial charge in [-0.05, 0) is 38.3 Å². The molecule has 0 saturated carbocycles. The molecule has 0 aromatic heterocycles. The summed E-state index contributed by atoms with van der Waals surface area (Å²) in [5.41, 5.74) is -0.240. The van der Waals surface area contributed by atoms with Crippen LogP contribution in [0.1, 0.15) is 35.7 Å². The predicted molar refractivity (Wildman–Crippen MR) is 71.1 cm³/mol. The topological polar surface area (TPSA) is 29.1 Å². The van der Waals surface area contributed by atoms with Gasteiger partial charge >= 0.3 is 0 Å². The van der Waals surface area contributed by atoms with Gasteiger partial charge in [0.05, 0.1) is 0 Å². The maximum Gasteiger partial charge on any atom is 0.257 e. The van der Waals surface area contributed by atoms with Crippen LogP contribution in [-0.2, 0) is 0 Å². The number of nitrogens with one attached hydrogen (secondary N) is 1. The fraction of sp³-hybridized carbons (Fsp3) is 0.462. The van der Waals surface area contributed by atoms with Gasteiger partial charge in [-0.1, -0.05) is 22.0 Å². The quantitative estimate of drug-likeness (QED) is 0.826. The second kappa shape index (κ2) is 6.83. The van der Waals surface area contributed by atoms with Crippen molar-refractivity contribution >= 4 is 21.8 Å². The number of amides is 1. The number of hydrogen-bond acceptors (Lipinski definition) is 1. The van der Waals surface area contributed by atoms with Gasteiger partial charge in [0.1, 0.15) is 17.2 Å². The normalized spacial score (nSPS) is 12.3. The molecule has 1 aromatic carbocycles. The van der Waals surface area contributed by atoms with Gasteiger partial charge in [0.15, 0.2) is 0 Å². The highest BCUT2D eigenvalue weighted by molar-refractivity contribution is 9.09. The zero-order valence-electron chi connectivity index (χ0n) is 10.4. The van der Waals surface area contributed by atoms with E-state index in [1.807, 2.05) is 6.92 Å². The molecule has 18 heavy (non-hydrogen) atoms. The van der Waals surface area contributed by atoms with Gasteiger partial charge in [0.2, 0.25) is 0 Å². The first-order valence-electron chi connectivity index (χ1n) is 5.78. The summed E-state index contributed by atoms with van der Waals surface area (Å²) in [6.45, 7) is 3.31. The second-order valence-corrected chi connectivity index (χ2v) is 5.05. The van der Waals surface area contributed by atoms with Crippen molar-refractivity contribution in [2.45, 2.75) is 32.7 Å². The highest BCUT2D eigenvalue weighted by Crippen LogP contribution is 2.16. The average Bonchev–Trinajstić information content (AvgIpc) is 2.31. The first-order chi connectivity index (χ1) is 8.47. The Labute approximate surface area is 114 Å². The lowest BCUT2D eigenvalue weighted by Gasteiger charge is -2.14. The lowest BCUT2D eigenvalue weighted by molar-refractivity contribution is 0.0929. The summed E-state index contributed by atoms with van der Waals surface area (Å²) in [6, 6.07) is 2.31. The van der Waals surface area contributed by atoms with Gasteiger partial charge in [0, 0.05) is 11.4 Å². The number of halogens is 3. The molecule has 5 heteroatoms. The zero-order chi connectivity index (χ0) is 13.7. The molecule has 1 amide bonds. The molecule has 2 nitrogen and oxygen atoms in total. The standard InChI is InChI=1S/C13H16BrF2NO/c1-8-5-6-10(15)11(12(8)16)13(18)17-9(2)4-3-7-14/h5-6,9H,3-4,7H2,1-2H3,(H,17,18). The molecule has 0 bridgehead atoms. The lowest BCUT2D eigenvalue weighted by Crippen LogP contribution is -2.34. The molecule has 0 aliphatic carbocycles. The average molecular weight is 320 g/mol. The molecule has 0 aliphatic rings. The number of hydrogen-bond donors (Lipinski definition) is 1. The van der Waals surface area contributed by atoms with Gasteiger partial charge in [-0.25, -0.2) is 8.78 Å². The van der Waals surface area contributed by atoms with Crippen molar-refractivity contribution in [1.82, 2.24) is 5.32 Å². The van der Waals surface area contributed by atoms with E-state index in [0.29, 0.717) is 0 Å². The maximum absolute atomic E-state index is 13.7. The van der Waals surface area contributed by atoms with Gasteiger partial charge in [-0.2, -0.15) is 0 Å². The third kappa shape index (κ3) is 3.77. The molecule has 0 fully saturated rings. The molecule has 1 aromatic rings. The van der Waals surface area contributed by atoms with Gasteiger partial charge in [-0.3, -0.25) is 4.79 Å². The number of carbonyl (C=O) groups is 1. The van der Waals surface area contributed by atoms with Crippen molar-refractivity contribution in [3.8, 4) is 0 Å². The highest BCUT2D eigenvalue weighted by Gasteiger charge is 2.20. The number of carbonyl (C=O) groups excluding carboxylic acids is 1. The Bertz CT molecular complexity index is 437. The van der Waals surface area contributed by atoms with Crippen LogP contribution in [0, 0.1) is 18.6 Å². The van der Waals surface area contributed by atoms with E-state index in [1.165, 1.54) is 13.0 Å². The molecule has 100 valence electrons. The molecule has 1 atom stereocenters. The first-order valence-corrected chi connectivity index (χ1v) is 6.91. The van der Waals surface area contributed by atoms with E-state index in [1.54, 1.807) is 0 Å². The fourth-order valence-electron chi connectivity index (χ4n) is 1.62. The van der Waals surface area contributed by atoms with E-state index in [2.05, 4.69) is 21.2 Å². The minimum Gasteiger partial charge on any atom is -0.349 e. The summed E-state index contributed by atoms with van der Waals surface area (Å²) in [4.78, 5) is 11.8. The minimum atomic E-state index is -0.830. The zero-order valence-corrected chi connectivity index (χ0v) is 12.0. The van der Waals surface area contributed by atoms with Crippen LogP contribution >= 0.6 is 15.9 Å². The van der Waals surface area contributed by atoms with Crippen LogP contribution in [-0.4, -0.2) is 17.3 Å². The van der Waals surface area contributed by atoms with E-state index in [-0.39, 0.29) is 11.6 Å². The first kappa shape index (κ1) is 15.1. The van der Waals surface area contributed by atoms with Gasteiger partial charge in [0.25, 0.3) is 5.91 Å². The molecule has 1 N–H and O–H groups in total. The Hall–Kier alpha value is -0.970. The molecular weight excluding hydrogens is 304 g/mol. The van der Waals surface area contributed by atoms with Crippen molar-refractivity contribution in [2.24, 2.45) is 0 Å². The van der Waals surface area contributed by atoms with Crippen LogP contribution < -0.4 is 5.32 Å². The van der Waals surface area contributed by atoms with Gasteiger partial charge < -0.3 is 5.32 Å². The van der Waals surface area contributed by atoms with E-state index in [9.17, 15) is 13.6 Å². The molecule has 0 heterocycles. The molecular formula is C13H16BrF2NO. The van der Waals surface area contributed by atoms with E-state index in [4.69, 9.17) is 0 Å². The number of aryl methyl sites for hydroxylation is 1. The smallest absolute Gasteiger partial charge is 0.257 e. The monoisotopic (exact) mass is 319 g/mol. The molecule has 0 spiro atoms. The Morgan fingerprint density at radius 1 is 1.44 bits per heavy atom. The summed E-state index contributed by atoms with van der Waals surface area (Å²) < 4.78 is 27.2.